The van der Waals surface area contributed by atoms with Crippen LogP contribution in [0.5, 0.6) is 0 Å². The molecule has 0 radical (unpaired) electrons. The Hall–Kier alpha value is -1.29. The molecule has 19 heavy (non-hydrogen) atoms. The second-order valence-corrected chi connectivity index (χ2v) is 5.24. The monoisotopic (exact) mass is 268 g/mol. The number of hydrogen-bond donors (Lipinski definition) is 0. The lowest BCUT2D eigenvalue weighted by atomic mass is 9.89. The quantitative estimate of drug-likeness (QED) is 0.777. The van der Waals surface area contributed by atoms with Crippen molar-refractivity contribution >= 4 is 5.78 Å². The van der Waals surface area contributed by atoms with E-state index in [1.807, 2.05) is 0 Å². The summed E-state index contributed by atoms with van der Waals surface area (Å²) in [5.41, 5.74) is 0.156. The van der Waals surface area contributed by atoms with Gasteiger partial charge in [0.25, 0.3) is 0 Å². The van der Waals surface area contributed by atoms with Crippen molar-refractivity contribution in [3.63, 3.8) is 0 Å². The number of halogens is 2. The molecule has 2 nitrogen and oxygen atoms in total. The number of carbonyl (C=O) groups excluding carboxylic acids is 1. The maximum absolute atomic E-state index is 13.0. The second kappa shape index (κ2) is 6.24. The Morgan fingerprint density at radius 2 is 1.89 bits per heavy atom. The van der Waals surface area contributed by atoms with Gasteiger partial charge in [-0.2, -0.15) is 0 Å². The van der Waals surface area contributed by atoms with Gasteiger partial charge in [-0.25, -0.2) is 8.78 Å². The number of benzene rings is 1. The summed E-state index contributed by atoms with van der Waals surface area (Å²) in [5.74, 6) is -1.53. The second-order valence-electron chi connectivity index (χ2n) is 5.24. The predicted molar refractivity (Wildman–Crippen MR) is 68.1 cm³/mol. The van der Waals surface area contributed by atoms with Crippen LogP contribution < -0.4 is 0 Å². The molecule has 1 aromatic carbocycles. The molecule has 1 saturated carbocycles. The fourth-order valence-electron chi connectivity index (χ4n) is 2.34. The Morgan fingerprint density at radius 1 is 1.21 bits per heavy atom. The SMILES string of the molecule is CC1CCC(OCC(=O)c2ccc(F)c(F)c2)CC1. The lowest BCUT2D eigenvalue weighted by molar-refractivity contribution is 0.0217. The maximum Gasteiger partial charge on any atom is 0.188 e. The lowest BCUT2D eigenvalue weighted by Crippen LogP contribution is -2.23. The third-order valence-corrected chi connectivity index (χ3v) is 3.65. The van der Waals surface area contributed by atoms with Crippen LogP contribution in [0.25, 0.3) is 0 Å². The molecular weight excluding hydrogens is 250 g/mol. The third kappa shape index (κ3) is 3.83. The van der Waals surface area contributed by atoms with Gasteiger partial charge in [-0.3, -0.25) is 4.79 Å². The minimum Gasteiger partial charge on any atom is -0.370 e. The zero-order valence-electron chi connectivity index (χ0n) is 11.0. The molecule has 0 N–H and O–H groups in total. The highest BCUT2D eigenvalue weighted by Gasteiger charge is 2.20. The van der Waals surface area contributed by atoms with Crippen molar-refractivity contribution in [2.45, 2.75) is 38.7 Å². The molecule has 1 fully saturated rings. The van der Waals surface area contributed by atoms with Gasteiger partial charge in [-0.05, 0) is 49.8 Å². The average Bonchev–Trinajstić information content (AvgIpc) is 2.41. The molecular formula is C15H18F2O2. The van der Waals surface area contributed by atoms with E-state index in [9.17, 15) is 13.6 Å². The summed E-state index contributed by atoms with van der Waals surface area (Å²) in [6.07, 6.45) is 4.28. The smallest absolute Gasteiger partial charge is 0.188 e. The minimum atomic E-state index is -1.00. The molecule has 1 aliphatic carbocycles. The van der Waals surface area contributed by atoms with E-state index in [1.165, 1.54) is 6.07 Å². The first-order valence-electron chi connectivity index (χ1n) is 6.66. The van der Waals surface area contributed by atoms with Gasteiger partial charge < -0.3 is 4.74 Å². The molecule has 0 atom stereocenters. The van der Waals surface area contributed by atoms with E-state index in [-0.39, 0.29) is 24.1 Å². The number of carbonyl (C=O) groups is 1. The number of ether oxygens (including phenoxy) is 1. The number of Topliss-reactive ketones (excluding diaryl/α,β-unsaturated/α-hetero) is 1. The molecule has 4 heteroatoms. The fraction of sp³-hybridized carbons (Fsp3) is 0.533. The molecule has 0 unspecified atom stereocenters. The molecule has 0 heterocycles. The Labute approximate surface area is 111 Å². The number of rotatable bonds is 4. The van der Waals surface area contributed by atoms with Crippen molar-refractivity contribution in [3.05, 3.63) is 35.4 Å². The number of hydrogen-bond acceptors (Lipinski definition) is 2. The van der Waals surface area contributed by atoms with Crippen molar-refractivity contribution in [3.8, 4) is 0 Å². The molecule has 104 valence electrons. The Morgan fingerprint density at radius 3 is 2.53 bits per heavy atom. The lowest BCUT2D eigenvalue weighted by Gasteiger charge is -2.25. The molecule has 0 spiro atoms. The van der Waals surface area contributed by atoms with E-state index in [4.69, 9.17) is 4.74 Å². The Kier molecular flexibility index (Phi) is 4.64. The summed E-state index contributed by atoms with van der Waals surface area (Å²) in [7, 11) is 0. The highest BCUT2D eigenvalue weighted by atomic mass is 19.2. The molecule has 0 saturated heterocycles. The maximum atomic E-state index is 13.0. The van der Waals surface area contributed by atoms with Crippen LogP contribution >= 0.6 is 0 Å². The predicted octanol–water partition coefficient (Wildman–Crippen LogP) is 3.74. The topological polar surface area (TPSA) is 26.3 Å². The van der Waals surface area contributed by atoms with Crippen LogP contribution in [-0.4, -0.2) is 18.5 Å². The van der Waals surface area contributed by atoms with Crippen molar-refractivity contribution in [2.24, 2.45) is 5.92 Å². The zero-order chi connectivity index (χ0) is 13.8. The summed E-state index contributed by atoms with van der Waals surface area (Å²) >= 11 is 0. The first-order valence-corrected chi connectivity index (χ1v) is 6.66. The summed E-state index contributed by atoms with van der Waals surface area (Å²) < 4.78 is 31.3. The van der Waals surface area contributed by atoms with Crippen molar-refractivity contribution in [2.75, 3.05) is 6.61 Å². The van der Waals surface area contributed by atoms with E-state index in [0.29, 0.717) is 0 Å². The summed E-state index contributed by atoms with van der Waals surface area (Å²) in [6, 6.07) is 3.17. The van der Waals surface area contributed by atoms with E-state index in [2.05, 4.69) is 6.92 Å². The van der Waals surface area contributed by atoms with E-state index in [1.54, 1.807) is 0 Å². The minimum absolute atomic E-state index is 0.0654. The molecule has 1 aliphatic rings. The van der Waals surface area contributed by atoms with E-state index in [0.717, 1.165) is 43.7 Å². The highest BCUT2D eigenvalue weighted by Crippen LogP contribution is 2.25. The standard InChI is InChI=1S/C15H18F2O2/c1-10-2-5-12(6-3-10)19-9-15(18)11-4-7-13(16)14(17)8-11/h4,7-8,10,12H,2-3,5-6,9H2,1H3. The van der Waals surface area contributed by atoms with Crippen LogP contribution in [0.3, 0.4) is 0 Å². The van der Waals surface area contributed by atoms with Gasteiger partial charge in [-0.15, -0.1) is 0 Å². The van der Waals surface area contributed by atoms with Crippen molar-refractivity contribution in [1.29, 1.82) is 0 Å². The average molecular weight is 268 g/mol. The summed E-state index contributed by atoms with van der Waals surface area (Å²) in [5, 5.41) is 0. The first-order chi connectivity index (χ1) is 9.06. The first kappa shape index (κ1) is 14.1. The van der Waals surface area contributed by atoms with E-state index < -0.39 is 11.6 Å². The van der Waals surface area contributed by atoms with Gasteiger partial charge in [0.05, 0.1) is 6.10 Å². The summed E-state index contributed by atoms with van der Waals surface area (Å²) in [4.78, 5) is 11.8. The van der Waals surface area contributed by atoms with Crippen LogP contribution in [0.15, 0.2) is 18.2 Å². The Balaban J connectivity index is 1.85. The molecule has 0 amide bonds. The van der Waals surface area contributed by atoms with Crippen molar-refractivity contribution in [1.82, 2.24) is 0 Å². The molecule has 0 bridgehead atoms. The number of ketones is 1. The largest absolute Gasteiger partial charge is 0.370 e. The normalized spacial score (nSPS) is 23.3. The van der Waals surface area contributed by atoms with Gasteiger partial charge in [0.2, 0.25) is 0 Å². The van der Waals surface area contributed by atoms with Gasteiger partial charge in [0.1, 0.15) is 6.61 Å². The van der Waals surface area contributed by atoms with Crippen LogP contribution in [0.1, 0.15) is 43.0 Å². The summed E-state index contributed by atoms with van der Waals surface area (Å²) in [6.45, 7) is 2.15. The van der Waals surface area contributed by atoms with Crippen LogP contribution in [-0.2, 0) is 4.74 Å². The molecule has 0 aliphatic heterocycles. The van der Waals surface area contributed by atoms with Gasteiger partial charge in [0.15, 0.2) is 17.4 Å². The Bertz CT molecular complexity index is 451. The molecule has 0 aromatic heterocycles. The fourth-order valence-corrected chi connectivity index (χ4v) is 2.34. The highest BCUT2D eigenvalue weighted by molar-refractivity contribution is 5.97. The van der Waals surface area contributed by atoms with Gasteiger partial charge >= 0.3 is 0 Å². The third-order valence-electron chi connectivity index (χ3n) is 3.65. The zero-order valence-corrected chi connectivity index (χ0v) is 11.0. The molecule has 1 aromatic rings. The van der Waals surface area contributed by atoms with Gasteiger partial charge in [0, 0.05) is 5.56 Å². The van der Waals surface area contributed by atoms with Crippen LogP contribution in [0.2, 0.25) is 0 Å². The van der Waals surface area contributed by atoms with Crippen LogP contribution in [0.4, 0.5) is 8.78 Å². The van der Waals surface area contributed by atoms with Crippen molar-refractivity contribution < 1.29 is 18.3 Å². The van der Waals surface area contributed by atoms with Gasteiger partial charge in [-0.1, -0.05) is 6.92 Å². The molecule has 2 rings (SSSR count). The van der Waals surface area contributed by atoms with Crippen LogP contribution in [0, 0.1) is 17.6 Å². The van der Waals surface area contributed by atoms with E-state index >= 15 is 0 Å².